The van der Waals surface area contributed by atoms with Crippen LogP contribution in [0.25, 0.3) is 0 Å². The van der Waals surface area contributed by atoms with Gasteiger partial charge in [-0.25, -0.2) is 0 Å². The number of halogens is 3. The van der Waals surface area contributed by atoms with Crippen LogP contribution in [0.3, 0.4) is 0 Å². The summed E-state index contributed by atoms with van der Waals surface area (Å²) in [5, 5.41) is 2.75. The van der Waals surface area contributed by atoms with Crippen LogP contribution in [-0.2, 0) is 0 Å². The number of methoxy groups -OCH3 is 1. The molecule has 2 nitrogen and oxygen atoms in total. The van der Waals surface area contributed by atoms with E-state index in [1.165, 1.54) is 0 Å². The number of ether oxygens (including phenoxy) is 1. The first-order valence-corrected chi connectivity index (χ1v) is 4.87. The second kappa shape index (κ2) is 5.09. The summed E-state index contributed by atoms with van der Waals surface area (Å²) in [6, 6.07) is 5.20. The van der Waals surface area contributed by atoms with Crippen LogP contribution in [0, 0.1) is 6.92 Å². The number of hydrogen-bond acceptors (Lipinski definition) is 2. The average Bonchev–Trinajstić information content (AvgIpc) is 2.18. The highest BCUT2D eigenvalue weighted by molar-refractivity contribution is 5.53. The standard InChI is InChI=1S/C11H14F3NO/c1-8-7-9(16-2)3-4-10(8)15-6-5-11(12,13)14/h3-4,7,15H,5-6H2,1-2H3. The zero-order chi connectivity index (χ0) is 12.2. The Bertz CT molecular complexity index is 350. The Balaban J connectivity index is 2.55. The van der Waals surface area contributed by atoms with Crippen molar-refractivity contribution >= 4 is 5.69 Å². The van der Waals surface area contributed by atoms with Crippen LogP contribution in [0.5, 0.6) is 5.75 Å². The molecule has 0 unspecified atom stereocenters. The number of aryl methyl sites for hydroxylation is 1. The van der Waals surface area contributed by atoms with E-state index in [0.29, 0.717) is 11.4 Å². The lowest BCUT2D eigenvalue weighted by atomic mass is 10.2. The summed E-state index contributed by atoms with van der Waals surface area (Å²) >= 11 is 0. The van der Waals surface area contributed by atoms with Gasteiger partial charge in [-0.1, -0.05) is 0 Å². The molecule has 0 atom stereocenters. The summed E-state index contributed by atoms with van der Waals surface area (Å²) < 4.78 is 40.8. The predicted molar refractivity (Wildman–Crippen MR) is 56.9 cm³/mol. The van der Waals surface area contributed by atoms with E-state index in [2.05, 4.69) is 5.32 Å². The normalized spacial score (nSPS) is 11.3. The van der Waals surface area contributed by atoms with E-state index >= 15 is 0 Å². The Morgan fingerprint density at radius 1 is 1.31 bits per heavy atom. The zero-order valence-corrected chi connectivity index (χ0v) is 9.19. The van der Waals surface area contributed by atoms with Gasteiger partial charge in [0.2, 0.25) is 0 Å². The molecule has 0 saturated carbocycles. The van der Waals surface area contributed by atoms with Gasteiger partial charge >= 0.3 is 6.18 Å². The van der Waals surface area contributed by atoms with Crippen molar-refractivity contribution in [2.45, 2.75) is 19.5 Å². The summed E-state index contributed by atoms with van der Waals surface area (Å²) in [7, 11) is 1.55. The van der Waals surface area contributed by atoms with E-state index in [1.807, 2.05) is 6.92 Å². The average molecular weight is 233 g/mol. The van der Waals surface area contributed by atoms with Crippen LogP contribution in [0.1, 0.15) is 12.0 Å². The number of alkyl halides is 3. The molecule has 90 valence electrons. The van der Waals surface area contributed by atoms with Gasteiger partial charge in [0.25, 0.3) is 0 Å². The molecule has 1 N–H and O–H groups in total. The fourth-order valence-electron chi connectivity index (χ4n) is 1.30. The summed E-state index contributed by atoms with van der Waals surface area (Å²) in [6.45, 7) is 1.70. The third kappa shape index (κ3) is 4.00. The van der Waals surface area contributed by atoms with Crippen LogP contribution >= 0.6 is 0 Å². The first-order chi connectivity index (χ1) is 7.42. The number of nitrogens with one attached hydrogen (secondary N) is 1. The largest absolute Gasteiger partial charge is 0.497 e. The Morgan fingerprint density at radius 3 is 2.50 bits per heavy atom. The third-order valence-electron chi connectivity index (χ3n) is 2.16. The minimum absolute atomic E-state index is 0.114. The molecule has 0 fully saturated rings. The molecule has 0 spiro atoms. The maximum atomic E-state index is 11.9. The number of hydrogen-bond donors (Lipinski definition) is 1. The number of rotatable bonds is 4. The van der Waals surface area contributed by atoms with Gasteiger partial charge in [0.15, 0.2) is 0 Å². The minimum Gasteiger partial charge on any atom is -0.497 e. The van der Waals surface area contributed by atoms with Gasteiger partial charge in [0, 0.05) is 12.2 Å². The van der Waals surface area contributed by atoms with Crippen molar-refractivity contribution in [2.75, 3.05) is 19.0 Å². The minimum atomic E-state index is -4.12. The molecule has 0 heterocycles. The predicted octanol–water partition coefficient (Wildman–Crippen LogP) is 3.37. The molecule has 5 heteroatoms. The summed E-state index contributed by atoms with van der Waals surface area (Å²) in [4.78, 5) is 0. The van der Waals surface area contributed by atoms with Gasteiger partial charge in [-0.2, -0.15) is 13.2 Å². The first-order valence-electron chi connectivity index (χ1n) is 4.87. The quantitative estimate of drug-likeness (QED) is 0.860. The number of benzene rings is 1. The van der Waals surface area contributed by atoms with E-state index in [-0.39, 0.29) is 6.54 Å². The highest BCUT2D eigenvalue weighted by atomic mass is 19.4. The molecule has 0 amide bonds. The lowest BCUT2D eigenvalue weighted by Crippen LogP contribution is -2.14. The van der Waals surface area contributed by atoms with Crippen LogP contribution in [-0.4, -0.2) is 19.8 Å². The lowest BCUT2D eigenvalue weighted by Gasteiger charge is -2.12. The van der Waals surface area contributed by atoms with Crippen molar-refractivity contribution in [1.82, 2.24) is 0 Å². The first kappa shape index (κ1) is 12.7. The van der Waals surface area contributed by atoms with E-state index < -0.39 is 12.6 Å². The Morgan fingerprint density at radius 2 is 2.00 bits per heavy atom. The molecule has 16 heavy (non-hydrogen) atoms. The van der Waals surface area contributed by atoms with Crippen molar-refractivity contribution in [2.24, 2.45) is 0 Å². The van der Waals surface area contributed by atoms with Gasteiger partial charge in [0.05, 0.1) is 13.5 Å². The second-order valence-electron chi connectivity index (χ2n) is 3.47. The zero-order valence-electron chi connectivity index (χ0n) is 9.19. The van der Waals surface area contributed by atoms with E-state index in [4.69, 9.17) is 4.74 Å². The van der Waals surface area contributed by atoms with Crippen LogP contribution in [0.2, 0.25) is 0 Å². The van der Waals surface area contributed by atoms with Gasteiger partial charge in [-0.15, -0.1) is 0 Å². The fraction of sp³-hybridized carbons (Fsp3) is 0.455. The van der Waals surface area contributed by atoms with Gasteiger partial charge < -0.3 is 10.1 Å². The maximum absolute atomic E-state index is 11.9. The molecule has 1 aromatic carbocycles. The molecule has 1 aromatic rings. The van der Waals surface area contributed by atoms with Crippen molar-refractivity contribution in [3.63, 3.8) is 0 Å². The van der Waals surface area contributed by atoms with E-state index in [0.717, 1.165) is 5.56 Å². The van der Waals surface area contributed by atoms with E-state index in [9.17, 15) is 13.2 Å². The van der Waals surface area contributed by atoms with Crippen LogP contribution in [0.15, 0.2) is 18.2 Å². The fourth-order valence-corrected chi connectivity index (χ4v) is 1.30. The molecule has 0 aromatic heterocycles. The Hall–Kier alpha value is -1.39. The topological polar surface area (TPSA) is 21.3 Å². The van der Waals surface area contributed by atoms with Crippen molar-refractivity contribution in [3.05, 3.63) is 23.8 Å². The van der Waals surface area contributed by atoms with Crippen molar-refractivity contribution < 1.29 is 17.9 Å². The molecule has 0 saturated heterocycles. The Kier molecular flexibility index (Phi) is 4.04. The molecule has 0 aliphatic heterocycles. The Labute approximate surface area is 92.4 Å². The highest BCUT2D eigenvalue weighted by Gasteiger charge is 2.26. The monoisotopic (exact) mass is 233 g/mol. The highest BCUT2D eigenvalue weighted by Crippen LogP contribution is 2.23. The molecular formula is C11H14F3NO. The molecule has 0 bridgehead atoms. The third-order valence-corrected chi connectivity index (χ3v) is 2.16. The van der Waals surface area contributed by atoms with Gasteiger partial charge in [0.1, 0.15) is 5.75 Å². The second-order valence-corrected chi connectivity index (χ2v) is 3.47. The number of anilines is 1. The van der Waals surface area contributed by atoms with E-state index in [1.54, 1.807) is 25.3 Å². The maximum Gasteiger partial charge on any atom is 0.390 e. The summed E-state index contributed by atoms with van der Waals surface area (Å²) in [5.74, 6) is 0.693. The van der Waals surface area contributed by atoms with Crippen LogP contribution < -0.4 is 10.1 Å². The molecule has 0 aliphatic rings. The molecule has 1 rings (SSSR count). The molecule has 0 aliphatic carbocycles. The molecular weight excluding hydrogens is 219 g/mol. The van der Waals surface area contributed by atoms with Crippen LogP contribution in [0.4, 0.5) is 18.9 Å². The lowest BCUT2D eigenvalue weighted by molar-refractivity contribution is -0.131. The van der Waals surface area contributed by atoms with Crippen molar-refractivity contribution in [1.29, 1.82) is 0 Å². The van der Waals surface area contributed by atoms with Gasteiger partial charge in [-0.3, -0.25) is 0 Å². The van der Waals surface area contributed by atoms with Gasteiger partial charge in [-0.05, 0) is 30.7 Å². The van der Waals surface area contributed by atoms with Crippen molar-refractivity contribution in [3.8, 4) is 5.75 Å². The SMILES string of the molecule is COc1ccc(NCCC(F)(F)F)c(C)c1. The summed E-state index contributed by atoms with van der Waals surface area (Å²) in [6.07, 6.45) is -4.95. The summed E-state index contributed by atoms with van der Waals surface area (Å²) in [5.41, 5.74) is 1.56. The smallest absolute Gasteiger partial charge is 0.390 e. The molecule has 0 radical (unpaired) electrons.